The number of hydrogen-bond donors (Lipinski definition) is 1. The van der Waals surface area contributed by atoms with E-state index in [1.807, 2.05) is 13.8 Å². The van der Waals surface area contributed by atoms with Gasteiger partial charge in [0.2, 0.25) is 0 Å². The number of oxime groups is 1. The molecule has 0 aliphatic heterocycles. The van der Waals surface area contributed by atoms with Crippen LogP contribution in [-0.4, -0.2) is 18.9 Å². The first-order chi connectivity index (χ1) is 3.56. The molecule has 0 aromatic heterocycles. The summed E-state index contributed by atoms with van der Waals surface area (Å²) in [5, 5.41) is 3.19. The third kappa shape index (κ3) is 15.7. The number of halogens is 2. The minimum Gasteiger partial charge on any atom is -0.394 e. The first kappa shape index (κ1) is 16.5. The van der Waals surface area contributed by atoms with Gasteiger partial charge in [-0.15, -0.1) is 30.0 Å². The molecule has 0 amide bonds. The molecule has 0 fully saturated rings. The summed E-state index contributed by atoms with van der Waals surface area (Å²) < 4.78 is 0. The minimum absolute atomic E-state index is 0. The summed E-state index contributed by atoms with van der Waals surface area (Å²) in [4.78, 5) is 4.59. The zero-order chi connectivity index (χ0) is 6.62. The molecular formula is C5H14Cl2N2O. The van der Waals surface area contributed by atoms with Crippen molar-refractivity contribution in [2.24, 2.45) is 10.9 Å². The van der Waals surface area contributed by atoms with Crippen LogP contribution in [0.4, 0.5) is 0 Å². The van der Waals surface area contributed by atoms with E-state index in [4.69, 9.17) is 5.73 Å². The molecule has 5 heteroatoms. The third-order valence-corrected chi connectivity index (χ3v) is 0.528. The normalized spacial score (nSPS) is 8.70. The molecule has 0 aromatic carbocycles. The number of nitrogens with two attached hydrogens (primary N) is 1. The lowest BCUT2D eigenvalue weighted by Gasteiger charge is -2.14. The van der Waals surface area contributed by atoms with E-state index in [0.29, 0.717) is 6.61 Å². The lowest BCUT2D eigenvalue weighted by Crippen LogP contribution is -2.36. The van der Waals surface area contributed by atoms with Gasteiger partial charge in [-0.05, 0) is 13.8 Å². The molecular weight excluding hydrogens is 175 g/mol. The van der Waals surface area contributed by atoms with Crippen LogP contribution in [0.25, 0.3) is 0 Å². The molecule has 10 heavy (non-hydrogen) atoms. The highest BCUT2D eigenvalue weighted by molar-refractivity contribution is 5.85. The Morgan fingerprint density at radius 3 is 2.00 bits per heavy atom. The average Bonchev–Trinajstić information content (AvgIpc) is 1.59. The number of hydrogen-bond acceptors (Lipinski definition) is 3. The van der Waals surface area contributed by atoms with Gasteiger partial charge >= 0.3 is 0 Å². The molecule has 3 nitrogen and oxygen atoms in total. The van der Waals surface area contributed by atoms with Crippen LogP contribution >= 0.6 is 24.8 Å². The number of rotatable bonds is 3. The predicted octanol–water partition coefficient (Wildman–Crippen LogP) is 1.20. The maximum absolute atomic E-state index is 5.51. The van der Waals surface area contributed by atoms with Crippen molar-refractivity contribution in [3.63, 3.8) is 0 Å². The van der Waals surface area contributed by atoms with Crippen LogP contribution in [0.2, 0.25) is 0 Å². The van der Waals surface area contributed by atoms with E-state index in [2.05, 4.69) is 16.7 Å². The van der Waals surface area contributed by atoms with Crippen LogP contribution in [0.3, 0.4) is 0 Å². The van der Waals surface area contributed by atoms with E-state index in [0.717, 1.165) is 0 Å². The summed E-state index contributed by atoms with van der Waals surface area (Å²) in [5.74, 6) is 0. The van der Waals surface area contributed by atoms with Crippen LogP contribution in [-0.2, 0) is 4.84 Å². The molecule has 0 unspecified atom stereocenters. The summed E-state index contributed by atoms with van der Waals surface area (Å²) in [6, 6.07) is 0. The van der Waals surface area contributed by atoms with E-state index in [1.54, 1.807) is 0 Å². The highest BCUT2D eigenvalue weighted by Gasteiger charge is 2.09. The van der Waals surface area contributed by atoms with Gasteiger partial charge in [-0.25, -0.2) is 0 Å². The Kier molecular flexibility index (Phi) is 11.8. The average molecular weight is 189 g/mol. The quantitative estimate of drug-likeness (QED) is 0.535. The molecule has 2 N–H and O–H groups in total. The van der Waals surface area contributed by atoms with E-state index in [1.165, 1.54) is 0 Å². The van der Waals surface area contributed by atoms with Gasteiger partial charge in [0.05, 0.1) is 0 Å². The summed E-state index contributed by atoms with van der Waals surface area (Å²) in [5.41, 5.74) is 5.20. The van der Waals surface area contributed by atoms with Crippen LogP contribution < -0.4 is 5.73 Å². The first-order valence-corrected chi connectivity index (χ1v) is 2.43. The van der Waals surface area contributed by atoms with Crippen molar-refractivity contribution in [1.29, 1.82) is 0 Å². The molecule has 0 bridgehead atoms. The van der Waals surface area contributed by atoms with Gasteiger partial charge in [0.15, 0.2) is 0 Å². The third-order valence-electron chi connectivity index (χ3n) is 0.528. The fourth-order valence-corrected chi connectivity index (χ4v) is 0.212. The van der Waals surface area contributed by atoms with Crippen LogP contribution in [0.15, 0.2) is 5.16 Å². The van der Waals surface area contributed by atoms with Gasteiger partial charge < -0.3 is 10.6 Å². The highest BCUT2D eigenvalue weighted by Crippen LogP contribution is 1.95. The van der Waals surface area contributed by atoms with Crippen molar-refractivity contribution in [2.45, 2.75) is 19.4 Å². The Hall–Kier alpha value is 0.01000. The Morgan fingerprint density at radius 2 is 1.90 bits per heavy atom. The molecule has 64 valence electrons. The standard InChI is InChI=1S/C5H12N2O.2ClH/c1-5(2,6)4-8-7-3;;/h3-4,6H2,1-2H3;2*1H. The first-order valence-electron chi connectivity index (χ1n) is 2.43. The molecule has 0 spiro atoms. The van der Waals surface area contributed by atoms with Gasteiger partial charge in [-0.2, -0.15) is 0 Å². The smallest absolute Gasteiger partial charge is 0.134 e. The van der Waals surface area contributed by atoms with E-state index >= 15 is 0 Å². The lowest BCUT2D eigenvalue weighted by atomic mass is 10.1. The number of nitrogens with zero attached hydrogens (tertiary/aromatic N) is 1. The topological polar surface area (TPSA) is 47.6 Å². The Bertz CT molecular complexity index is 82.2. The molecule has 0 saturated heterocycles. The molecule has 0 aromatic rings. The second-order valence-electron chi connectivity index (χ2n) is 2.39. The largest absolute Gasteiger partial charge is 0.394 e. The second-order valence-corrected chi connectivity index (χ2v) is 2.39. The molecule has 0 atom stereocenters. The van der Waals surface area contributed by atoms with Crippen molar-refractivity contribution in [1.82, 2.24) is 0 Å². The van der Waals surface area contributed by atoms with E-state index in [9.17, 15) is 0 Å². The lowest BCUT2D eigenvalue weighted by molar-refractivity contribution is 0.107. The molecule has 0 aliphatic rings. The van der Waals surface area contributed by atoms with Gasteiger partial charge in [-0.3, -0.25) is 0 Å². The highest BCUT2D eigenvalue weighted by atomic mass is 35.5. The monoisotopic (exact) mass is 188 g/mol. The Labute approximate surface area is 73.8 Å². The summed E-state index contributed by atoms with van der Waals surface area (Å²) in [7, 11) is 0. The van der Waals surface area contributed by atoms with Gasteiger partial charge in [0.1, 0.15) is 6.61 Å². The maximum Gasteiger partial charge on any atom is 0.134 e. The van der Waals surface area contributed by atoms with Crippen molar-refractivity contribution >= 4 is 31.5 Å². The van der Waals surface area contributed by atoms with Crippen molar-refractivity contribution in [2.75, 3.05) is 6.61 Å². The van der Waals surface area contributed by atoms with Gasteiger partial charge in [-0.1, -0.05) is 0 Å². The fraction of sp³-hybridized carbons (Fsp3) is 0.800. The zero-order valence-corrected chi connectivity index (χ0v) is 7.80. The molecule has 0 aliphatic carbocycles. The molecule has 0 radical (unpaired) electrons. The molecule has 0 saturated carbocycles. The van der Waals surface area contributed by atoms with E-state index in [-0.39, 0.29) is 30.4 Å². The van der Waals surface area contributed by atoms with Crippen molar-refractivity contribution in [3.05, 3.63) is 0 Å². The molecule has 0 rings (SSSR count). The van der Waals surface area contributed by atoms with Crippen LogP contribution in [0, 0.1) is 0 Å². The summed E-state index contributed by atoms with van der Waals surface area (Å²) in [6.45, 7) is 7.27. The maximum atomic E-state index is 5.51. The Morgan fingerprint density at radius 1 is 1.50 bits per heavy atom. The van der Waals surface area contributed by atoms with Crippen molar-refractivity contribution < 1.29 is 4.84 Å². The van der Waals surface area contributed by atoms with Crippen LogP contribution in [0.5, 0.6) is 0 Å². The van der Waals surface area contributed by atoms with Gasteiger partial charge in [0.25, 0.3) is 0 Å². The SMILES string of the molecule is C=NOCC(C)(C)N.Cl.Cl. The zero-order valence-electron chi connectivity index (χ0n) is 6.16. The minimum atomic E-state index is -0.304. The summed E-state index contributed by atoms with van der Waals surface area (Å²) >= 11 is 0. The molecule has 0 heterocycles. The predicted molar refractivity (Wildman–Crippen MR) is 48.3 cm³/mol. The van der Waals surface area contributed by atoms with E-state index < -0.39 is 0 Å². The Balaban J connectivity index is -0.000000245. The summed E-state index contributed by atoms with van der Waals surface area (Å²) in [6.07, 6.45) is 0. The fourth-order valence-electron chi connectivity index (χ4n) is 0.212. The van der Waals surface area contributed by atoms with Gasteiger partial charge in [0, 0.05) is 12.3 Å². The van der Waals surface area contributed by atoms with Crippen molar-refractivity contribution in [3.8, 4) is 0 Å². The second kappa shape index (κ2) is 7.12. The van der Waals surface area contributed by atoms with Crippen LogP contribution in [0.1, 0.15) is 13.8 Å².